The molecule has 0 spiro atoms. The molecule has 0 unspecified atom stereocenters. The second-order valence-electron chi connectivity index (χ2n) is 2.95. The standard InChI is InChI=1S/C11H10ClNO/c1-8-9(7-13)3-2-4-10(8)11(14)5-6-12/h2-4H,5-6H2,1H3. The van der Waals surface area contributed by atoms with E-state index in [9.17, 15) is 4.79 Å². The van der Waals surface area contributed by atoms with Gasteiger partial charge in [0.15, 0.2) is 5.78 Å². The Labute approximate surface area is 88.1 Å². The zero-order valence-electron chi connectivity index (χ0n) is 7.88. The molecule has 0 heterocycles. The zero-order chi connectivity index (χ0) is 10.6. The highest BCUT2D eigenvalue weighted by Gasteiger charge is 2.10. The number of hydrogen-bond donors (Lipinski definition) is 0. The lowest BCUT2D eigenvalue weighted by atomic mass is 9.99. The summed E-state index contributed by atoms with van der Waals surface area (Å²) in [6.07, 6.45) is 0.317. The summed E-state index contributed by atoms with van der Waals surface area (Å²) in [5.41, 5.74) is 1.89. The molecule has 0 aliphatic carbocycles. The largest absolute Gasteiger partial charge is 0.294 e. The van der Waals surface area contributed by atoms with Gasteiger partial charge in [0.05, 0.1) is 11.6 Å². The van der Waals surface area contributed by atoms with E-state index in [1.165, 1.54) is 0 Å². The van der Waals surface area contributed by atoms with Gasteiger partial charge in [-0.3, -0.25) is 4.79 Å². The Bertz CT molecular complexity index is 393. The number of carbonyl (C=O) groups excluding carboxylic acids is 1. The van der Waals surface area contributed by atoms with Crippen LogP contribution in [-0.2, 0) is 0 Å². The average Bonchev–Trinajstić information content (AvgIpc) is 2.18. The van der Waals surface area contributed by atoms with Crippen LogP contribution in [0.2, 0.25) is 0 Å². The number of halogens is 1. The molecule has 0 radical (unpaired) electrons. The first kappa shape index (κ1) is 10.7. The van der Waals surface area contributed by atoms with Gasteiger partial charge in [-0.15, -0.1) is 11.6 Å². The van der Waals surface area contributed by atoms with Crippen LogP contribution in [0.5, 0.6) is 0 Å². The van der Waals surface area contributed by atoms with Gasteiger partial charge < -0.3 is 0 Å². The monoisotopic (exact) mass is 207 g/mol. The number of nitriles is 1. The molecule has 1 aromatic carbocycles. The smallest absolute Gasteiger partial charge is 0.164 e. The summed E-state index contributed by atoms with van der Waals surface area (Å²) in [6.45, 7) is 1.78. The molecule has 0 aliphatic rings. The van der Waals surface area contributed by atoms with Gasteiger partial charge in [0, 0.05) is 17.9 Å². The molecular weight excluding hydrogens is 198 g/mol. The summed E-state index contributed by atoms with van der Waals surface area (Å²) in [4.78, 5) is 11.5. The lowest BCUT2D eigenvalue weighted by molar-refractivity contribution is 0.0988. The Balaban J connectivity index is 3.11. The zero-order valence-corrected chi connectivity index (χ0v) is 8.64. The summed E-state index contributed by atoms with van der Waals surface area (Å²) in [5.74, 6) is 0.310. The number of Topliss-reactive ketones (excluding diaryl/α,β-unsaturated/α-hetero) is 1. The molecule has 0 N–H and O–H groups in total. The number of alkyl halides is 1. The van der Waals surface area contributed by atoms with Crippen LogP contribution in [0.4, 0.5) is 0 Å². The normalized spacial score (nSPS) is 9.50. The van der Waals surface area contributed by atoms with Crippen molar-refractivity contribution in [2.45, 2.75) is 13.3 Å². The van der Waals surface area contributed by atoms with E-state index in [1.807, 2.05) is 6.07 Å². The van der Waals surface area contributed by atoms with Crippen LogP contribution in [0.1, 0.15) is 27.9 Å². The third-order valence-corrected chi connectivity index (χ3v) is 2.27. The van der Waals surface area contributed by atoms with Crippen molar-refractivity contribution in [3.8, 4) is 6.07 Å². The van der Waals surface area contributed by atoms with Crippen molar-refractivity contribution in [1.29, 1.82) is 5.26 Å². The number of nitrogens with zero attached hydrogens (tertiary/aromatic N) is 1. The summed E-state index contributed by atoms with van der Waals surface area (Å²) in [7, 11) is 0. The summed E-state index contributed by atoms with van der Waals surface area (Å²) in [6, 6.07) is 7.19. The predicted octanol–water partition coefficient (Wildman–Crippen LogP) is 2.68. The Hall–Kier alpha value is -1.33. The van der Waals surface area contributed by atoms with Gasteiger partial charge in [-0.1, -0.05) is 12.1 Å². The first-order valence-electron chi connectivity index (χ1n) is 4.29. The Morgan fingerprint density at radius 2 is 2.29 bits per heavy atom. The van der Waals surface area contributed by atoms with E-state index in [2.05, 4.69) is 0 Å². The van der Waals surface area contributed by atoms with Crippen LogP contribution < -0.4 is 0 Å². The summed E-state index contributed by atoms with van der Waals surface area (Å²) < 4.78 is 0. The minimum absolute atomic E-state index is 0.00500. The van der Waals surface area contributed by atoms with Crippen LogP contribution in [0, 0.1) is 18.3 Å². The molecule has 72 valence electrons. The lowest BCUT2D eigenvalue weighted by Crippen LogP contribution is -2.03. The maximum Gasteiger partial charge on any atom is 0.164 e. The minimum Gasteiger partial charge on any atom is -0.294 e. The van der Waals surface area contributed by atoms with Gasteiger partial charge in [-0.2, -0.15) is 5.26 Å². The fraction of sp³-hybridized carbons (Fsp3) is 0.273. The molecule has 0 saturated carbocycles. The average molecular weight is 208 g/mol. The van der Waals surface area contributed by atoms with Gasteiger partial charge >= 0.3 is 0 Å². The van der Waals surface area contributed by atoms with Crippen molar-refractivity contribution >= 4 is 17.4 Å². The number of ketones is 1. The number of rotatable bonds is 3. The van der Waals surface area contributed by atoms with Crippen molar-refractivity contribution in [3.05, 3.63) is 34.9 Å². The van der Waals surface area contributed by atoms with Crippen LogP contribution in [-0.4, -0.2) is 11.7 Å². The fourth-order valence-corrected chi connectivity index (χ4v) is 1.45. The molecule has 14 heavy (non-hydrogen) atoms. The number of benzene rings is 1. The number of hydrogen-bond acceptors (Lipinski definition) is 2. The van der Waals surface area contributed by atoms with E-state index in [4.69, 9.17) is 16.9 Å². The molecule has 2 nitrogen and oxygen atoms in total. The highest BCUT2D eigenvalue weighted by atomic mass is 35.5. The van der Waals surface area contributed by atoms with Gasteiger partial charge in [0.2, 0.25) is 0 Å². The van der Waals surface area contributed by atoms with Gasteiger partial charge in [0.1, 0.15) is 0 Å². The third-order valence-electron chi connectivity index (χ3n) is 2.08. The van der Waals surface area contributed by atoms with Gasteiger partial charge in [0.25, 0.3) is 0 Å². The molecule has 0 saturated heterocycles. The maximum absolute atomic E-state index is 11.5. The van der Waals surface area contributed by atoms with Crippen LogP contribution in [0.15, 0.2) is 18.2 Å². The molecule has 0 atom stereocenters. The summed E-state index contributed by atoms with van der Waals surface area (Å²) >= 11 is 5.49. The van der Waals surface area contributed by atoms with Crippen LogP contribution in [0.3, 0.4) is 0 Å². The minimum atomic E-state index is -0.00500. The lowest BCUT2D eigenvalue weighted by Gasteiger charge is -2.04. The highest BCUT2D eigenvalue weighted by molar-refractivity contribution is 6.19. The fourth-order valence-electron chi connectivity index (χ4n) is 1.28. The Morgan fingerprint density at radius 3 is 2.86 bits per heavy atom. The van der Waals surface area contributed by atoms with E-state index < -0.39 is 0 Å². The van der Waals surface area contributed by atoms with Crippen molar-refractivity contribution in [2.24, 2.45) is 0 Å². The molecule has 3 heteroatoms. The van der Waals surface area contributed by atoms with Crippen molar-refractivity contribution in [3.63, 3.8) is 0 Å². The molecule has 0 bridgehead atoms. The SMILES string of the molecule is Cc1c(C#N)cccc1C(=O)CCCl. The second-order valence-corrected chi connectivity index (χ2v) is 3.33. The molecular formula is C11H10ClNO. The first-order chi connectivity index (χ1) is 6.70. The van der Waals surface area contributed by atoms with E-state index >= 15 is 0 Å². The molecule has 0 aliphatic heterocycles. The van der Waals surface area contributed by atoms with Crippen LogP contribution in [0.25, 0.3) is 0 Å². The van der Waals surface area contributed by atoms with Crippen molar-refractivity contribution in [2.75, 3.05) is 5.88 Å². The van der Waals surface area contributed by atoms with Crippen molar-refractivity contribution < 1.29 is 4.79 Å². The van der Waals surface area contributed by atoms with Crippen molar-refractivity contribution in [1.82, 2.24) is 0 Å². The van der Waals surface area contributed by atoms with Crippen LogP contribution >= 0.6 is 11.6 Å². The Morgan fingerprint density at radius 1 is 1.57 bits per heavy atom. The molecule has 0 aromatic heterocycles. The third kappa shape index (κ3) is 2.12. The van der Waals surface area contributed by atoms with E-state index in [0.717, 1.165) is 5.56 Å². The van der Waals surface area contributed by atoms with E-state index in [0.29, 0.717) is 23.4 Å². The second kappa shape index (κ2) is 4.78. The Kier molecular flexibility index (Phi) is 3.67. The molecule has 0 amide bonds. The van der Waals surface area contributed by atoms with Gasteiger partial charge in [-0.25, -0.2) is 0 Å². The number of carbonyl (C=O) groups is 1. The molecule has 1 rings (SSSR count). The van der Waals surface area contributed by atoms with E-state index in [1.54, 1.807) is 25.1 Å². The molecule has 1 aromatic rings. The summed E-state index contributed by atoms with van der Waals surface area (Å²) in [5, 5.41) is 8.77. The van der Waals surface area contributed by atoms with E-state index in [-0.39, 0.29) is 5.78 Å². The van der Waals surface area contributed by atoms with Gasteiger partial charge in [-0.05, 0) is 18.6 Å². The highest BCUT2D eigenvalue weighted by Crippen LogP contribution is 2.14. The maximum atomic E-state index is 11.5. The topological polar surface area (TPSA) is 40.9 Å². The predicted molar refractivity (Wildman–Crippen MR) is 55.6 cm³/mol. The first-order valence-corrected chi connectivity index (χ1v) is 4.83. The quantitative estimate of drug-likeness (QED) is 0.565. The molecule has 0 fully saturated rings.